The highest BCUT2D eigenvalue weighted by molar-refractivity contribution is 7.92. The summed E-state index contributed by atoms with van der Waals surface area (Å²) < 4.78 is 31.1. The number of amides is 1. The highest BCUT2D eigenvalue weighted by Gasteiger charge is 2.35. The fraction of sp³-hybridized carbons (Fsp3) is 0.350. The van der Waals surface area contributed by atoms with E-state index in [9.17, 15) is 13.2 Å². The Bertz CT molecular complexity index is 956. The summed E-state index contributed by atoms with van der Waals surface area (Å²) in [5, 5.41) is 3.63. The third-order valence-electron chi connectivity index (χ3n) is 4.94. The van der Waals surface area contributed by atoms with Gasteiger partial charge in [-0.05, 0) is 42.7 Å². The van der Waals surface area contributed by atoms with E-state index in [1.807, 2.05) is 24.3 Å². The minimum absolute atomic E-state index is 0.256. The summed E-state index contributed by atoms with van der Waals surface area (Å²) in [4.78, 5) is 12.8. The van der Waals surface area contributed by atoms with Gasteiger partial charge < -0.3 is 10.1 Å². The van der Waals surface area contributed by atoms with Gasteiger partial charge in [-0.1, -0.05) is 35.9 Å². The lowest BCUT2D eigenvalue weighted by atomic mass is 9.74. The van der Waals surface area contributed by atoms with E-state index in [0.29, 0.717) is 24.8 Å². The lowest BCUT2D eigenvalue weighted by Crippen LogP contribution is -2.44. The number of carbonyl (C=O) groups excluding carboxylic acids is 1. The lowest BCUT2D eigenvalue weighted by Gasteiger charge is -2.38. The SMILES string of the molecule is CS(=O)(=O)Nc1ccccc1C(=O)NCC1(c2cccc(Cl)c2)CCOCC1. The van der Waals surface area contributed by atoms with Crippen LogP contribution in [0.15, 0.2) is 48.5 Å². The van der Waals surface area contributed by atoms with Crippen LogP contribution in [0.2, 0.25) is 5.02 Å². The maximum atomic E-state index is 12.8. The van der Waals surface area contributed by atoms with Crippen LogP contribution in [0, 0.1) is 0 Å². The highest BCUT2D eigenvalue weighted by atomic mass is 35.5. The van der Waals surface area contributed by atoms with Crippen molar-refractivity contribution in [3.8, 4) is 0 Å². The molecular formula is C20H23ClN2O4S. The quantitative estimate of drug-likeness (QED) is 0.748. The summed E-state index contributed by atoms with van der Waals surface area (Å²) in [5.74, 6) is -0.334. The largest absolute Gasteiger partial charge is 0.381 e. The summed E-state index contributed by atoms with van der Waals surface area (Å²) in [6.07, 6.45) is 2.57. The number of para-hydroxylation sites is 1. The fourth-order valence-corrected chi connectivity index (χ4v) is 4.23. The molecule has 0 aromatic heterocycles. The topological polar surface area (TPSA) is 84.5 Å². The van der Waals surface area contributed by atoms with Gasteiger partial charge in [0, 0.05) is 30.2 Å². The molecule has 1 aliphatic rings. The normalized spacial score (nSPS) is 16.4. The van der Waals surface area contributed by atoms with Crippen LogP contribution in [0.5, 0.6) is 0 Å². The van der Waals surface area contributed by atoms with Crippen molar-refractivity contribution < 1.29 is 17.9 Å². The number of halogens is 1. The molecule has 3 rings (SSSR count). The van der Waals surface area contributed by atoms with Gasteiger partial charge in [-0.25, -0.2) is 8.42 Å². The van der Waals surface area contributed by atoms with Crippen LogP contribution in [0.3, 0.4) is 0 Å². The number of nitrogens with one attached hydrogen (secondary N) is 2. The molecule has 150 valence electrons. The van der Waals surface area contributed by atoms with Crippen LogP contribution in [-0.4, -0.2) is 40.3 Å². The first-order valence-corrected chi connectivity index (χ1v) is 11.2. The Morgan fingerprint density at radius 3 is 2.54 bits per heavy atom. The Kier molecular flexibility index (Phi) is 6.27. The standard InChI is InChI=1S/C20H23ClN2O4S/c1-28(25,26)23-18-8-3-2-7-17(18)19(24)22-14-20(9-11-27-12-10-20)15-5-4-6-16(21)13-15/h2-8,13,23H,9-12,14H2,1H3,(H,22,24). The van der Waals surface area contributed by atoms with Gasteiger partial charge in [0.2, 0.25) is 10.0 Å². The van der Waals surface area contributed by atoms with Crippen molar-refractivity contribution in [2.24, 2.45) is 0 Å². The second kappa shape index (κ2) is 8.51. The van der Waals surface area contributed by atoms with Crippen molar-refractivity contribution in [1.82, 2.24) is 5.32 Å². The number of anilines is 1. The third-order valence-corrected chi connectivity index (χ3v) is 5.77. The predicted octanol–water partition coefficient (Wildman–Crippen LogP) is 3.19. The van der Waals surface area contributed by atoms with Crippen LogP contribution in [0.25, 0.3) is 0 Å². The van der Waals surface area contributed by atoms with Gasteiger partial charge in [0.1, 0.15) is 0 Å². The molecule has 0 atom stereocenters. The van der Waals surface area contributed by atoms with Crippen molar-refractivity contribution in [1.29, 1.82) is 0 Å². The van der Waals surface area contributed by atoms with E-state index in [0.717, 1.165) is 24.7 Å². The van der Waals surface area contributed by atoms with E-state index in [1.165, 1.54) is 0 Å². The zero-order chi connectivity index (χ0) is 20.2. The van der Waals surface area contributed by atoms with Crippen molar-refractivity contribution in [2.45, 2.75) is 18.3 Å². The Labute approximate surface area is 170 Å². The average Bonchev–Trinajstić information content (AvgIpc) is 2.66. The maximum absolute atomic E-state index is 12.8. The molecule has 1 amide bonds. The molecule has 2 N–H and O–H groups in total. The molecule has 8 heteroatoms. The molecule has 0 bridgehead atoms. The van der Waals surface area contributed by atoms with Crippen LogP contribution >= 0.6 is 11.6 Å². The molecular weight excluding hydrogens is 400 g/mol. The molecule has 0 saturated carbocycles. The lowest BCUT2D eigenvalue weighted by molar-refractivity contribution is 0.0487. The molecule has 1 fully saturated rings. The third kappa shape index (κ3) is 5.04. The van der Waals surface area contributed by atoms with Crippen molar-refractivity contribution in [2.75, 3.05) is 30.7 Å². The zero-order valence-corrected chi connectivity index (χ0v) is 17.1. The van der Waals surface area contributed by atoms with Crippen molar-refractivity contribution in [3.63, 3.8) is 0 Å². The molecule has 1 aliphatic heterocycles. The van der Waals surface area contributed by atoms with Gasteiger partial charge >= 0.3 is 0 Å². The monoisotopic (exact) mass is 422 g/mol. The average molecular weight is 423 g/mol. The summed E-state index contributed by atoms with van der Waals surface area (Å²) in [7, 11) is -3.49. The smallest absolute Gasteiger partial charge is 0.253 e. The summed E-state index contributed by atoms with van der Waals surface area (Å²) in [6.45, 7) is 1.62. The maximum Gasteiger partial charge on any atom is 0.253 e. The van der Waals surface area contributed by atoms with Gasteiger partial charge in [0.05, 0.1) is 17.5 Å². The Morgan fingerprint density at radius 1 is 1.14 bits per heavy atom. The minimum Gasteiger partial charge on any atom is -0.381 e. The molecule has 0 aliphatic carbocycles. The molecule has 2 aromatic rings. The number of hydrogen-bond donors (Lipinski definition) is 2. The number of carbonyl (C=O) groups is 1. The van der Waals surface area contributed by atoms with E-state index in [2.05, 4.69) is 10.0 Å². The second-order valence-corrected chi connectivity index (χ2v) is 9.19. The van der Waals surface area contributed by atoms with Crippen molar-refractivity contribution in [3.05, 3.63) is 64.7 Å². The number of ether oxygens (including phenoxy) is 1. The Morgan fingerprint density at radius 2 is 1.86 bits per heavy atom. The first-order valence-electron chi connectivity index (χ1n) is 8.98. The summed E-state index contributed by atoms with van der Waals surface area (Å²) in [6, 6.07) is 14.2. The van der Waals surface area contributed by atoms with Crippen molar-refractivity contribution >= 4 is 33.2 Å². The molecule has 1 saturated heterocycles. The van der Waals surface area contributed by atoms with Crippen LogP contribution in [0.4, 0.5) is 5.69 Å². The molecule has 0 spiro atoms. The number of hydrogen-bond acceptors (Lipinski definition) is 4. The van der Waals surface area contributed by atoms with Crippen LogP contribution < -0.4 is 10.0 Å². The minimum atomic E-state index is -3.49. The van der Waals surface area contributed by atoms with E-state index in [4.69, 9.17) is 16.3 Å². The first kappa shape index (κ1) is 20.6. The number of benzene rings is 2. The highest BCUT2D eigenvalue weighted by Crippen LogP contribution is 2.35. The second-order valence-electron chi connectivity index (χ2n) is 7.01. The molecule has 0 radical (unpaired) electrons. The summed E-state index contributed by atoms with van der Waals surface area (Å²) in [5.41, 5.74) is 1.32. The van der Waals surface area contributed by atoms with E-state index >= 15 is 0 Å². The molecule has 1 heterocycles. The van der Waals surface area contributed by atoms with Gasteiger partial charge in [-0.2, -0.15) is 0 Å². The molecule has 0 unspecified atom stereocenters. The molecule has 2 aromatic carbocycles. The van der Waals surface area contributed by atoms with E-state index in [1.54, 1.807) is 24.3 Å². The zero-order valence-electron chi connectivity index (χ0n) is 15.6. The molecule has 6 nitrogen and oxygen atoms in total. The fourth-order valence-electron chi connectivity index (χ4n) is 3.46. The molecule has 28 heavy (non-hydrogen) atoms. The van der Waals surface area contributed by atoms with Gasteiger partial charge in [-0.3, -0.25) is 9.52 Å². The van der Waals surface area contributed by atoms with Gasteiger partial charge in [-0.15, -0.1) is 0 Å². The van der Waals surface area contributed by atoms with E-state index in [-0.39, 0.29) is 22.6 Å². The van der Waals surface area contributed by atoms with Gasteiger partial charge in [0.15, 0.2) is 0 Å². The van der Waals surface area contributed by atoms with Gasteiger partial charge in [0.25, 0.3) is 5.91 Å². The van der Waals surface area contributed by atoms with Crippen LogP contribution in [-0.2, 0) is 20.2 Å². The van der Waals surface area contributed by atoms with E-state index < -0.39 is 10.0 Å². The number of rotatable bonds is 6. The first-order chi connectivity index (χ1) is 13.3. The Hall–Kier alpha value is -2.09. The Balaban J connectivity index is 1.82. The number of sulfonamides is 1. The predicted molar refractivity (Wildman–Crippen MR) is 110 cm³/mol. The van der Waals surface area contributed by atoms with Crippen LogP contribution in [0.1, 0.15) is 28.8 Å². The summed E-state index contributed by atoms with van der Waals surface area (Å²) >= 11 is 6.18.